The summed E-state index contributed by atoms with van der Waals surface area (Å²) >= 11 is 1.49. The van der Waals surface area contributed by atoms with E-state index in [-0.39, 0.29) is 22.8 Å². The normalized spacial score (nSPS) is 15.3. The molecule has 1 aromatic carbocycles. The molecule has 21 heavy (non-hydrogen) atoms. The fraction of sp³-hybridized carbons (Fsp3) is 0.200. The Balaban J connectivity index is 0.00000132. The lowest BCUT2D eigenvalue weighted by Crippen LogP contribution is -3.00. The molecule has 0 fully saturated rings. The van der Waals surface area contributed by atoms with Gasteiger partial charge in [0.05, 0.1) is 29.3 Å². The number of anilines is 2. The van der Waals surface area contributed by atoms with E-state index in [0.717, 1.165) is 35.3 Å². The quantitative estimate of drug-likeness (QED) is 0.699. The molecule has 1 aromatic heterocycles. The van der Waals surface area contributed by atoms with Gasteiger partial charge in [-0.25, -0.2) is 0 Å². The molecule has 0 N–H and O–H groups in total. The third-order valence-corrected chi connectivity index (χ3v) is 4.53. The van der Waals surface area contributed by atoms with E-state index in [1.54, 1.807) is 0 Å². The number of hydrogen-bond donors (Lipinski definition) is 0. The Morgan fingerprint density at radius 3 is 2.76 bits per heavy atom. The fourth-order valence-corrected chi connectivity index (χ4v) is 3.39. The number of fused-ring (bicyclic) bond motifs is 3. The summed E-state index contributed by atoms with van der Waals surface area (Å²) in [6.07, 6.45) is 0. The summed E-state index contributed by atoms with van der Waals surface area (Å²) in [5.41, 5.74) is 2.23. The molecule has 0 spiro atoms. The van der Waals surface area contributed by atoms with E-state index >= 15 is 0 Å². The first-order valence-corrected chi connectivity index (χ1v) is 7.48. The molecular weight excluding hydrogens is 350 g/mol. The van der Waals surface area contributed by atoms with Gasteiger partial charge in [0.25, 0.3) is 0 Å². The number of aliphatic imine (C=N–C) groups is 1. The summed E-state index contributed by atoms with van der Waals surface area (Å²) in [6.45, 7) is 2.05. The van der Waals surface area contributed by atoms with Crippen LogP contribution < -0.4 is 26.8 Å². The average Bonchev–Trinajstić information content (AvgIpc) is 3.17. The number of para-hydroxylation sites is 2. The first-order chi connectivity index (χ1) is 9.84. The molecule has 2 aromatic rings. The van der Waals surface area contributed by atoms with Crippen molar-refractivity contribution in [1.29, 1.82) is 0 Å². The lowest BCUT2D eigenvalue weighted by Gasteiger charge is -2.18. The van der Waals surface area contributed by atoms with Gasteiger partial charge in [0.1, 0.15) is 0 Å². The van der Waals surface area contributed by atoms with Crippen molar-refractivity contribution in [3.05, 3.63) is 46.7 Å². The molecule has 0 atom stereocenters. The molecule has 0 aliphatic carbocycles. The van der Waals surface area contributed by atoms with Crippen molar-refractivity contribution >= 4 is 34.5 Å². The number of Topliss-reactive ketones (excluding diaryl/α,β-unsaturated/α-hetero) is 1. The Morgan fingerprint density at radius 1 is 1.19 bits per heavy atom. The van der Waals surface area contributed by atoms with E-state index in [1.807, 2.05) is 34.5 Å². The largest absolute Gasteiger partial charge is 1.00 e. The number of halogens is 1. The van der Waals surface area contributed by atoms with Crippen LogP contribution in [-0.4, -0.2) is 31.4 Å². The molecule has 0 saturated heterocycles. The predicted molar refractivity (Wildman–Crippen MR) is 82.1 cm³/mol. The van der Waals surface area contributed by atoms with Gasteiger partial charge in [-0.05, 0) is 23.6 Å². The van der Waals surface area contributed by atoms with Crippen LogP contribution in [0.4, 0.5) is 11.4 Å². The van der Waals surface area contributed by atoms with Crippen molar-refractivity contribution in [3.8, 4) is 0 Å². The highest BCUT2D eigenvalue weighted by Crippen LogP contribution is 2.38. The molecule has 2 aliphatic heterocycles. The number of guanidine groups is 1. The number of carbonyl (C=O) groups is 1. The monoisotopic (exact) mass is 362 g/mol. The van der Waals surface area contributed by atoms with Crippen LogP contribution in [0.1, 0.15) is 9.67 Å². The highest BCUT2D eigenvalue weighted by atomic mass is 79.9. The smallest absolute Gasteiger partial charge is 0.206 e. The second kappa shape index (κ2) is 5.61. The van der Waals surface area contributed by atoms with Crippen molar-refractivity contribution in [1.82, 2.24) is 0 Å². The van der Waals surface area contributed by atoms with Gasteiger partial charge in [-0.2, -0.15) is 0 Å². The van der Waals surface area contributed by atoms with Gasteiger partial charge in [-0.3, -0.25) is 9.79 Å². The molecule has 6 heteroatoms. The van der Waals surface area contributed by atoms with Crippen LogP contribution in [0.3, 0.4) is 0 Å². The highest BCUT2D eigenvalue weighted by molar-refractivity contribution is 7.12. The lowest BCUT2D eigenvalue weighted by atomic mass is 10.2. The second-order valence-corrected chi connectivity index (χ2v) is 5.76. The van der Waals surface area contributed by atoms with Crippen LogP contribution in [0.25, 0.3) is 0 Å². The second-order valence-electron chi connectivity index (χ2n) is 4.81. The number of rotatable bonds is 3. The first-order valence-electron chi connectivity index (χ1n) is 6.60. The number of benzene rings is 1. The van der Waals surface area contributed by atoms with Crippen LogP contribution in [0.2, 0.25) is 0 Å². The predicted octanol–water partition coefficient (Wildman–Crippen LogP) is -0.369. The molecular formula is C15H13BrN3OS-. The van der Waals surface area contributed by atoms with E-state index in [9.17, 15) is 4.79 Å². The molecule has 2 aliphatic rings. The zero-order valence-corrected chi connectivity index (χ0v) is 13.6. The standard InChI is InChI=1S/C15H13N3OS.BrH/c19-13(14-6-3-9-20-14)10-18-12-5-2-1-4-11(12)17-8-7-16-15(17)18;/h1-6,9H,7-8,10H2;1H/p-1. The number of nitrogens with zero attached hydrogens (tertiary/aromatic N) is 3. The van der Waals surface area contributed by atoms with Gasteiger partial charge in [-0.15, -0.1) is 11.3 Å². The molecule has 0 radical (unpaired) electrons. The van der Waals surface area contributed by atoms with Gasteiger partial charge in [0.2, 0.25) is 5.96 Å². The highest BCUT2D eigenvalue weighted by Gasteiger charge is 2.35. The molecule has 0 bridgehead atoms. The van der Waals surface area contributed by atoms with Crippen molar-refractivity contribution in [2.24, 2.45) is 4.99 Å². The number of ketones is 1. The zero-order chi connectivity index (χ0) is 13.5. The Hall–Kier alpha value is -1.66. The van der Waals surface area contributed by atoms with Crippen LogP contribution >= 0.6 is 11.3 Å². The van der Waals surface area contributed by atoms with Crippen LogP contribution in [-0.2, 0) is 0 Å². The van der Waals surface area contributed by atoms with Gasteiger partial charge in [-0.1, -0.05) is 18.2 Å². The maximum absolute atomic E-state index is 12.4. The molecule has 4 rings (SSSR count). The van der Waals surface area contributed by atoms with E-state index in [4.69, 9.17) is 0 Å². The molecule has 0 saturated carbocycles. The van der Waals surface area contributed by atoms with E-state index in [0.29, 0.717) is 6.54 Å². The molecule has 0 amide bonds. The van der Waals surface area contributed by atoms with E-state index in [2.05, 4.69) is 22.0 Å². The number of hydrogen-bond acceptors (Lipinski definition) is 5. The summed E-state index contributed by atoms with van der Waals surface area (Å²) in [4.78, 5) is 21.9. The van der Waals surface area contributed by atoms with Crippen molar-refractivity contribution in [2.45, 2.75) is 0 Å². The Morgan fingerprint density at radius 2 is 2.00 bits per heavy atom. The third-order valence-electron chi connectivity index (χ3n) is 3.62. The lowest BCUT2D eigenvalue weighted by molar-refractivity contribution is -0.0000116. The Kier molecular flexibility index (Phi) is 3.82. The summed E-state index contributed by atoms with van der Waals surface area (Å²) in [7, 11) is 0. The molecule has 3 heterocycles. The number of carbonyl (C=O) groups excluding carboxylic acids is 1. The maximum Gasteiger partial charge on any atom is 0.206 e. The van der Waals surface area contributed by atoms with Gasteiger partial charge in [0.15, 0.2) is 5.78 Å². The van der Waals surface area contributed by atoms with Crippen molar-refractivity contribution in [3.63, 3.8) is 0 Å². The van der Waals surface area contributed by atoms with Gasteiger partial charge < -0.3 is 26.8 Å². The summed E-state index contributed by atoms with van der Waals surface area (Å²) in [5, 5.41) is 1.94. The van der Waals surface area contributed by atoms with Crippen LogP contribution in [0, 0.1) is 0 Å². The first kappa shape index (κ1) is 14.3. The summed E-state index contributed by atoms with van der Waals surface area (Å²) < 4.78 is 0. The third kappa shape index (κ3) is 2.28. The average molecular weight is 363 g/mol. The van der Waals surface area contributed by atoms with E-state index < -0.39 is 0 Å². The minimum Gasteiger partial charge on any atom is -1.00 e. The van der Waals surface area contributed by atoms with E-state index in [1.165, 1.54) is 11.3 Å². The van der Waals surface area contributed by atoms with Crippen molar-refractivity contribution in [2.75, 3.05) is 29.4 Å². The van der Waals surface area contributed by atoms with Gasteiger partial charge >= 0.3 is 0 Å². The minimum atomic E-state index is 0. The summed E-state index contributed by atoms with van der Waals surface area (Å²) in [6, 6.07) is 12.0. The summed E-state index contributed by atoms with van der Waals surface area (Å²) in [5.74, 6) is 1.06. The van der Waals surface area contributed by atoms with Crippen molar-refractivity contribution < 1.29 is 21.8 Å². The molecule has 0 unspecified atom stereocenters. The zero-order valence-electron chi connectivity index (χ0n) is 11.2. The minimum absolute atomic E-state index is 0. The Bertz CT molecular complexity index is 699. The SMILES string of the molecule is O=C(CN1C2=NCCN2c2ccccc21)c1cccs1.[Br-]. The van der Waals surface area contributed by atoms with Gasteiger partial charge in [0, 0.05) is 6.54 Å². The molecule has 4 nitrogen and oxygen atoms in total. The van der Waals surface area contributed by atoms with Crippen LogP contribution in [0.15, 0.2) is 46.8 Å². The molecule has 108 valence electrons. The van der Waals surface area contributed by atoms with Crippen LogP contribution in [0.5, 0.6) is 0 Å². The Labute approximate surface area is 137 Å². The maximum atomic E-state index is 12.4. The fourth-order valence-electron chi connectivity index (χ4n) is 2.74. The topological polar surface area (TPSA) is 35.9 Å². The number of thiophene rings is 1.